The number of nitriles is 1. The molecule has 0 radical (unpaired) electrons. The largest absolute Gasteiger partial charge is 0.465 e. The highest BCUT2D eigenvalue weighted by Gasteiger charge is 2.59. The third-order valence-electron chi connectivity index (χ3n) is 6.65. The summed E-state index contributed by atoms with van der Waals surface area (Å²) in [4.78, 5) is 55.1. The molecule has 0 aromatic heterocycles. The molecule has 0 aliphatic rings. The van der Waals surface area contributed by atoms with Crippen LogP contribution in [0.25, 0.3) is 0 Å². The van der Waals surface area contributed by atoms with Crippen LogP contribution in [0.15, 0.2) is 91.0 Å². The number of amides is 1. The molecule has 43 heavy (non-hydrogen) atoms. The highest BCUT2D eigenvalue weighted by molar-refractivity contribution is 7.96. The van der Waals surface area contributed by atoms with Gasteiger partial charge in [0.2, 0.25) is 11.4 Å². The number of benzene rings is 3. The van der Waals surface area contributed by atoms with Crippen LogP contribution in [-0.4, -0.2) is 54.5 Å². The number of hydrogen-bond donors (Lipinski definition) is 1. The van der Waals surface area contributed by atoms with Gasteiger partial charge in [0, 0.05) is 6.92 Å². The molecule has 3 rings (SSSR count). The third kappa shape index (κ3) is 6.55. The number of rotatable bonds is 12. The molecule has 2 atom stereocenters. The predicted octanol–water partition coefficient (Wildman–Crippen LogP) is 2.86. The molecule has 0 spiro atoms. The van der Waals surface area contributed by atoms with E-state index in [0.29, 0.717) is 15.9 Å². The van der Waals surface area contributed by atoms with Gasteiger partial charge in [0.05, 0.1) is 25.1 Å². The smallest absolute Gasteiger partial charge is 0.348 e. The van der Waals surface area contributed by atoms with E-state index in [1.165, 1.54) is 6.92 Å². The number of nitrogens with one attached hydrogen (secondary N) is 1. The Kier molecular flexibility index (Phi) is 11.4. The van der Waals surface area contributed by atoms with E-state index in [2.05, 4.69) is 5.32 Å². The lowest BCUT2D eigenvalue weighted by Gasteiger charge is -2.38. The van der Waals surface area contributed by atoms with E-state index >= 15 is 0 Å². The SMILES string of the molecule is CCOC(=O)C(C(C(=O)OCC)C(C#N)(NC(C)=O)C(=O)OCC)=P(c1ccccc1)(c1ccccc1)c1ccccc1. The number of hydrogen-bond acceptors (Lipinski definition) is 8. The van der Waals surface area contributed by atoms with Gasteiger partial charge in [0.15, 0.2) is 0 Å². The zero-order valence-corrected chi connectivity index (χ0v) is 25.5. The first-order valence-electron chi connectivity index (χ1n) is 13.9. The standard InChI is InChI=1S/C33H35N2O7P/c1-5-40-30(37)28(33(23-34,35-24(4)36)32(39)42-7-3)29(31(38)41-6-2)43(25-17-11-8-12-18-25,26-19-13-9-14-20-26)27-21-15-10-16-22-27/h8-22,28H,5-7H2,1-4H3,(H,35,36). The summed E-state index contributed by atoms with van der Waals surface area (Å²) in [5, 5.41) is 14.8. The minimum absolute atomic E-state index is 0.0741. The number of ether oxygens (including phenoxy) is 3. The highest BCUT2D eigenvalue weighted by atomic mass is 31.2. The third-order valence-corrected chi connectivity index (χ3v) is 11.0. The maximum absolute atomic E-state index is 14.5. The van der Waals surface area contributed by atoms with Gasteiger partial charge in [0.1, 0.15) is 12.0 Å². The molecule has 1 N–H and O–H groups in total. The van der Waals surface area contributed by atoms with Crippen molar-refractivity contribution in [1.82, 2.24) is 5.32 Å². The fraction of sp³-hybridized carbons (Fsp3) is 0.273. The van der Waals surface area contributed by atoms with E-state index in [-0.39, 0.29) is 25.1 Å². The fourth-order valence-electron chi connectivity index (χ4n) is 5.09. The van der Waals surface area contributed by atoms with Crippen LogP contribution < -0.4 is 21.2 Å². The molecule has 0 heterocycles. The number of nitrogens with zero attached hydrogens (tertiary/aromatic N) is 1. The molecular formula is C33H35N2O7P. The Bertz CT molecular complexity index is 1430. The number of esters is 3. The van der Waals surface area contributed by atoms with Crippen LogP contribution in [-0.2, 0) is 33.4 Å². The Morgan fingerprint density at radius 2 is 1.16 bits per heavy atom. The van der Waals surface area contributed by atoms with E-state index in [4.69, 9.17) is 14.2 Å². The van der Waals surface area contributed by atoms with E-state index < -0.39 is 42.2 Å². The molecule has 0 aliphatic carbocycles. The van der Waals surface area contributed by atoms with Gasteiger partial charge in [-0.15, -0.1) is 0 Å². The first kappa shape index (κ1) is 32.8. The summed E-state index contributed by atoms with van der Waals surface area (Å²) >= 11 is 0. The van der Waals surface area contributed by atoms with Crippen molar-refractivity contribution in [3.8, 4) is 6.07 Å². The normalized spacial score (nSPS) is 12.9. The van der Waals surface area contributed by atoms with Crippen molar-refractivity contribution < 1.29 is 33.4 Å². The second-order valence-corrected chi connectivity index (χ2v) is 12.7. The fourth-order valence-corrected chi connectivity index (χ4v) is 9.71. The Hall–Kier alpha value is -4.67. The van der Waals surface area contributed by atoms with Gasteiger partial charge < -0.3 is 19.5 Å². The molecule has 0 fully saturated rings. The lowest BCUT2D eigenvalue weighted by molar-refractivity contribution is -0.159. The van der Waals surface area contributed by atoms with Gasteiger partial charge in [-0.1, -0.05) is 91.0 Å². The van der Waals surface area contributed by atoms with Crippen molar-refractivity contribution in [2.75, 3.05) is 19.8 Å². The van der Waals surface area contributed by atoms with E-state index in [1.54, 1.807) is 50.2 Å². The topological polar surface area (TPSA) is 132 Å². The van der Waals surface area contributed by atoms with Gasteiger partial charge in [-0.05, 0) is 43.6 Å². The number of carbonyl (C=O) groups excluding carboxylic acids is 4. The van der Waals surface area contributed by atoms with Crippen molar-refractivity contribution in [1.29, 1.82) is 5.26 Å². The van der Waals surface area contributed by atoms with Crippen LogP contribution in [0, 0.1) is 17.2 Å². The van der Waals surface area contributed by atoms with Gasteiger partial charge in [0.25, 0.3) is 0 Å². The van der Waals surface area contributed by atoms with E-state index in [1.807, 2.05) is 60.7 Å². The summed E-state index contributed by atoms with van der Waals surface area (Å²) in [6.07, 6.45) is 0. The zero-order chi connectivity index (χ0) is 31.5. The van der Waals surface area contributed by atoms with Crippen molar-refractivity contribution >= 4 is 51.9 Å². The average Bonchev–Trinajstić information content (AvgIpc) is 3.02. The molecule has 0 aliphatic heterocycles. The van der Waals surface area contributed by atoms with E-state index in [0.717, 1.165) is 6.92 Å². The lowest BCUT2D eigenvalue weighted by Crippen LogP contribution is -2.64. The summed E-state index contributed by atoms with van der Waals surface area (Å²) in [5.74, 6) is -5.95. The zero-order valence-electron chi connectivity index (χ0n) is 24.6. The second kappa shape index (κ2) is 15.0. The van der Waals surface area contributed by atoms with Gasteiger partial charge >= 0.3 is 17.9 Å². The molecule has 1 amide bonds. The van der Waals surface area contributed by atoms with Crippen LogP contribution in [0.4, 0.5) is 0 Å². The monoisotopic (exact) mass is 602 g/mol. The second-order valence-electron chi connectivity index (χ2n) is 9.29. The summed E-state index contributed by atoms with van der Waals surface area (Å²) in [7, 11) is 0. The molecular weight excluding hydrogens is 567 g/mol. The Morgan fingerprint density at radius 1 is 0.744 bits per heavy atom. The van der Waals surface area contributed by atoms with Crippen LogP contribution in [0.2, 0.25) is 0 Å². The maximum atomic E-state index is 14.5. The minimum Gasteiger partial charge on any atom is -0.465 e. The van der Waals surface area contributed by atoms with Gasteiger partial charge in [-0.3, -0.25) is 9.59 Å². The summed E-state index contributed by atoms with van der Waals surface area (Å²) in [6, 6.07) is 29.1. The molecule has 3 aromatic rings. The van der Waals surface area contributed by atoms with Gasteiger partial charge in [-0.25, -0.2) is 9.59 Å². The molecule has 224 valence electrons. The first-order valence-corrected chi connectivity index (χ1v) is 15.7. The van der Waals surface area contributed by atoms with Crippen LogP contribution in [0.1, 0.15) is 27.7 Å². The molecule has 0 saturated carbocycles. The maximum Gasteiger partial charge on any atom is 0.348 e. The van der Waals surface area contributed by atoms with E-state index in [9.17, 15) is 24.4 Å². The van der Waals surface area contributed by atoms with Crippen LogP contribution >= 0.6 is 6.89 Å². The Morgan fingerprint density at radius 3 is 1.51 bits per heavy atom. The van der Waals surface area contributed by atoms with Crippen molar-refractivity contribution in [2.24, 2.45) is 5.92 Å². The molecule has 0 bridgehead atoms. The summed E-state index contributed by atoms with van der Waals surface area (Å²) in [6.45, 7) is 1.96. The minimum atomic E-state index is -3.46. The summed E-state index contributed by atoms with van der Waals surface area (Å²) in [5.41, 5.74) is -2.68. The van der Waals surface area contributed by atoms with Crippen molar-refractivity contribution in [2.45, 2.75) is 33.2 Å². The molecule has 2 unspecified atom stereocenters. The van der Waals surface area contributed by atoms with Gasteiger partial charge in [-0.2, -0.15) is 5.26 Å². The predicted molar refractivity (Wildman–Crippen MR) is 166 cm³/mol. The van der Waals surface area contributed by atoms with Crippen LogP contribution in [0.3, 0.4) is 0 Å². The van der Waals surface area contributed by atoms with Crippen molar-refractivity contribution in [3.63, 3.8) is 0 Å². The molecule has 10 heteroatoms. The summed E-state index contributed by atoms with van der Waals surface area (Å²) < 4.78 is 16.4. The van der Waals surface area contributed by atoms with Crippen molar-refractivity contribution in [3.05, 3.63) is 91.0 Å². The Balaban J connectivity index is 2.82. The average molecular weight is 603 g/mol. The Labute approximate surface area is 251 Å². The highest BCUT2D eigenvalue weighted by Crippen LogP contribution is 2.49. The number of carbonyl (C=O) groups is 4. The first-order chi connectivity index (χ1) is 20.7. The quantitative estimate of drug-likeness (QED) is 0.190. The molecule has 9 nitrogen and oxygen atoms in total. The molecule has 0 saturated heterocycles. The lowest BCUT2D eigenvalue weighted by atomic mass is 9.82. The van der Waals surface area contributed by atoms with Crippen LogP contribution in [0.5, 0.6) is 0 Å². The molecule has 3 aromatic carbocycles.